The lowest BCUT2D eigenvalue weighted by molar-refractivity contribution is -0.275. The van der Waals surface area contributed by atoms with Gasteiger partial charge in [0, 0.05) is 5.92 Å². The third-order valence-electron chi connectivity index (χ3n) is 9.17. The van der Waals surface area contributed by atoms with Crippen molar-refractivity contribution in [3.8, 4) is 17.2 Å². The second-order valence-corrected chi connectivity index (χ2v) is 10.7. The van der Waals surface area contributed by atoms with Crippen molar-refractivity contribution < 1.29 is 32.2 Å². The van der Waals surface area contributed by atoms with E-state index < -0.39 is 23.7 Å². The third kappa shape index (κ3) is 3.87. The van der Waals surface area contributed by atoms with Gasteiger partial charge in [0.1, 0.15) is 11.4 Å². The minimum absolute atomic E-state index is 0.0426. The van der Waals surface area contributed by atoms with Crippen molar-refractivity contribution in [3.05, 3.63) is 54.1 Å². The van der Waals surface area contributed by atoms with Crippen LogP contribution in [0, 0.1) is 35.5 Å². The van der Waals surface area contributed by atoms with Crippen molar-refractivity contribution >= 4 is 5.97 Å². The molecular weight excluding hydrogens is 457 g/mol. The van der Waals surface area contributed by atoms with Gasteiger partial charge in [-0.25, -0.2) is 4.79 Å². The van der Waals surface area contributed by atoms with Gasteiger partial charge in [-0.2, -0.15) is 0 Å². The molecule has 4 saturated carbocycles. The predicted molar refractivity (Wildman–Crippen MR) is 122 cm³/mol. The lowest BCUT2D eigenvalue weighted by atomic mass is 9.65. The summed E-state index contributed by atoms with van der Waals surface area (Å²) in [6.45, 7) is 2.06. The maximum atomic E-state index is 13.2. The van der Waals surface area contributed by atoms with Gasteiger partial charge in [-0.1, -0.05) is 25.1 Å². The smallest absolute Gasteiger partial charge is 0.483 e. The summed E-state index contributed by atoms with van der Waals surface area (Å²) in [6.07, 6.45) is 1.66. The fraction of sp³-hybridized carbons (Fsp3) is 0.536. The van der Waals surface area contributed by atoms with Gasteiger partial charge in [0.15, 0.2) is 11.5 Å². The number of hydrogen-bond acceptors (Lipinski definition) is 4. The molecule has 6 rings (SSSR count). The fourth-order valence-electron chi connectivity index (χ4n) is 8.09. The highest BCUT2D eigenvalue weighted by Gasteiger charge is 2.67. The predicted octanol–water partition coefficient (Wildman–Crippen LogP) is 7.03. The molecule has 0 aromatic heterocycles. The molecule has 4 fully saturated rings. The Hall–Kier alpha value is -2.70. The van der Waals surface area contributed by atoms with Gasteiger partial charge >= 0.3 is 12.3 Å². The summed E-state index contributed by atoms with van der Waals surface area (Å²) < 4.78 is 55.9. The zero-order valence-electron chi connectivity index (χ0n) is 19.6. The summed E-state index contributed by atoms with van der Waals surface area (Å²) in [5, 5.41) is 0. The van der Waals surface area contributed by atoms with Gasteiger partial charge in [-0.05, 0) is 98.4 Å². The Morgan fingerprint density at radius 1 is 0.971 bits per heavy atom. The minimum Gasteiger partial charge on any atom is -0.483 e. The number of carbonyl (C=O) groups excluding carboxylic acids is 1. The average molecular weight is 487 g/mol. The summed E-state index contributed by atoms with van der Waals surface area (Å²) in [4.78, 5) is 12.8. The topological polar surface area (TPSA) is 44.8 Å². The molecule has 0 radical (unpaired) electrons. The van der Waals surface area contributed by atoms with Crippen molar-refractivity contribution in [1.82, 2.24) is 0 Å². The maximum Gasteiger partial charge on any atom is 0.573 e. The van der Waals surface area contributed by atoms with Gasteiger partial charge < -0.3 is 14.2 Å². The van der Waals surface area contributed by atoms with Crippen LogP contribution in [-0.2, 0) is 0 Å². The van der Waals surface area contributed by atoms with E-state index in [-0.39, 0.29) is 11.3 Å². The summed E-state index contributed by atoms with van der Waals surface area (Å²) >= 11 is 0. The zero-order chi connectivity index (χ0) is 24.4. The highest BCUT2D eigenvalue weighted by molar-refractivity contribution is 5.91. The highest BCUT2D eigenvalue weighted by atomic mass is 19.4. The van der Waals surface area contributed by atoms with E-state index in [4.69, 9.17) is 9.47 Å². The van der Waals surface area contributed by atoms with Crippen LogP contribution >= 0.6 is 0 Å². The second-order valence-electron chi connectivity index (χ2n) is 10.7. The Balaban J connectivity index is 1.31. The van der Waals surface area contributed by atoms with E-state index in [9.17, 15) is 18.0 Å². The number of carbonyl (C=O) groups is 1. The first-order valence-corrected chi connectivity index (χ1v) is 12.6. The van der Waals surface area contributed by atoms with Crippen LogP contribution in [0.5, 0.6) is 17.2 Å². The standard InChI is InChI=1S/C28H29F3O4/c1-2-27(15-19-13-21(27)25-17-9-8-16(12-17)24(19)25)34-23-14-18(10-11-22(23)35-28(29,30)31)26(32)33-20-6-4-3-5-7-20/h3-7,10-11,14,16-17,19,21,24-25H,2,8-9,12-13,15H2,1H3. The average Bonchev–Trinajstić information content (AvgIpc) is 3.59. The summed E-state index contributed by atoms with van der Waals surface area (Å²) in [7, 11) is 0. The molecule has 0 amide bonds. The van der Waals surface area contributed by atoms with Crippen LogP contribution in [0.3, 0.4) is 0 Å². The Morgan fingerprint density at radius 3 is 2.43 bits per heavy atom. The highest BCUT2D eigenvalue weighted by Crippen LogP contribution is 2.70. The van der Waals surface area contributed by atoms with E-state index in [0.29, 0.717) is 35.8 Å². The number of para-hydroxylation sites is 1. The molecule has 35 heavy (non-hydrogen) atoms. The lowest BCUT2D eigenvalue weighted by Crippen LogP contribution is -2.48. The minimum atomic E-state index is -4.87. The van der Waals surface area contributed by atoms with Crippen LogP contribution in [0.4, 0.5) is 13.2 Å². The van der Waals surface area contributed by atoms with Crippen molar-refractivity contribution in [2.75, 3.05) is 0 Å². The van der Waals surface area contributed by atoms with E-state index in [1.165, 1.54) is 31.4 Å². The Bertz CT molecular complexity index is 1120. The van der Waals surface area contributed by atoms with E-state index in [0.717, 1.165) is 30.7 Å². The fourth-order valence-corrected chi connectivity index (χ4v) is 8.09. The first kappa shape index (κ1) is 22.7. The maximum absolute atomic E-state index is 13.2. The number of benzene rings is 2. The van der Waals surface area contributed by atoms with Crippen LogP contribution in [0.2, 0.25) is 0 Å². The van der Waals surface area contributed by atoms with Crippen molar-refractivity contribution in [1.29, 1.82) is 0 Å². The third-order valence-corrected chi connectivity index (χ3v) is 9.17. The molecular formula is C28H29F3O4. The Kier molecular flexibility index (Phi) is 5.31. The number of fused-ring (bicyclic) bond motifs is 9. The molecule has 0 N–H and O–H groups in total. The van der Waals surface area contributed by atoms with Crippen molar-refractivity contribution in [3.63, 3.8) is 0 Å². The molecule has 4 bridgehead atoms. The van der Waals surface area contributed by atoms with E-state index in [2.05, 4.69) is 11.7 Å². The molecule has 7 unspecified atom stereocenters. The van der Waals surface area contributed by atoms with Gasteiger partial charge in [0.25, 0.3) is 0 Å². The molecule has 4 aliphatic rings. The first-order chi connectivity index (χ1) is 16.8. The van der Waals surface area contributed by atoms with E-state index in [1.807, 2.05) is 0 Å². The molecule has 0 aliphatic heterocycles. The van der Waals surface area contributed by atoms with Crippen molar-refractivity contribution in [2.45, 2.75) is 57.4 Å². The Labute approximate surface area is 202 Å². The normalized spacial score (nSPS) is 34.6. The molecule has 7 atom stereocenters. The SMILES string of the molecule is CCC1(Oc2cc(C(=O)Oc3ccccc3)ccc2OC(F)(F)F)CC2CC1C1C3CCC(C3)C21. The largest absolute Gasteiger partial charge is 0.573 e. The second kappa shape index (κ2) is 8.17. The molecule has 0 heterocycles. The summed E-state index contributed by atoms with van der Waals surface area (Å²) in [6, 6.07) is 12.3. The first-order valence-electron chi connectivity index (χ1n) is 12.6. The molecule has 4 aliphatic carbocycles. The van der Waals surface area contributed by atoms with Crippen LogP contribution in [0.15, 0.2) is 48.5 Å². The molecule has 4 nitrogen and oxygen atoms in total. The zero-order valence-corrected chi connectivity index (χ0v) is 19.6. The van der Waals surface area contributed by atoms with E-state index >= 15 is 0 Å². The monoisotopic (exact) mass is 486 g/mol. The van der Waals surface area contributed by atoms with Gasteiger partial charge in [0.2, 0.25) is 0 Å². The molecule has 2 aromatic carbocycles. The van der Waals surface area contributed by atoms with Crippen LogP contribution in [-0.4, -0.2) is 17.9 Å². The summed E-state index contributed by atoms with van der Waals surface area (Å²) in [5.41, 5.74) is -0.423. The van der Waals surface area contributed by atoms with Gasteiger partial charge in [-0.15, -0.1) is 13.2 Å². The van der Waals surface area contributed by atoms with Crippen LogP contribution < -0.4 is 14.2 Å². The number of esters is 1. The molecule has 2 aromatic rings. The molecule has 186 valence electrons. The molecule has 7 heteroatoms. The quantitative estimate of drug-likeness (QED) is 0.250. The lowest BCUT2D eigenvalue weighted by Gasteiger charge is -2.46. The number of rotatable bonds is 6. The van der Waals surface area contributed by atoms with E-state index in [1.54, 1.807) is 30.3 Å². The number of ether oxygens (including phenoxy) is 3. The van der Waals surface area contributed by atoms with Crippen molar-refractivity contribution in [2.24, 2.45) is 35.5 Å². The van der Waals surface area contributed by atoms with Gasteiger partial charge in [0.05, 0.1) is 5.56 Å². The number of hydrogen-bond donors (Lipinski definition) is 0. The van der Waals surface area contributed by atoms with Crippen LogP contribution in [0.25, 0.3) is 0 Å². The van der Waals surface area contributed by atoms with Gasteiger partial charge in [-0.3, -0.25) is 0 Å². The summed E-state index contributed by atoms with van der Waals surface area (Å²) in [5.74, 6) is 3.01. The van der Waals surface area contributed by atoms with Crippen LogP contribution in [0.1, 0.15) is 55.8 Å². The molecule has 0 saturated heterocycles. The molecule has 0 spiro atoms. The number of halogens is 3. The number of alkyl halides is 3. The Morgan fingerprint density at radius 2 is 1.71 bits per heavy atom.